The number of hydrogen-bond donors (Lipinski definition) is 3. The lowest BCUT2D eigenvalue weighted by Gasteiger charge is -2.09. The molecule has 1 amide bonds. The third kappa shape index (κ3) is 4.38. The molecule has 0 saturated heterocycles. The minimum absolute atomic E-state index is 0.0495. The van der Waals surface area contributed by atoms with E-state index in [9.17, 15) is 9.00 Å². The lowest BCUT2D eigenvalue weighted by atomic mass is 10.3. The molecule has 0 spiro atoms. The molecule has 1 aromatic rings. The van der Waals surface area contributed by atoms with Crippen LogP contribution in [0.25, 0.3) is 0 Å². The highest BCUT2D eigenvalue weighted by atomic mass is 32.2. The molecule has 1 rings (SSSR count). The molecule has 0 aliphatic rings. The van der Waals surface area contributed by atoms with Crippen LogP contribution in [-0.2, 0) is 10.8 Å². The summed E-state index contributed by atoms with van der Waals surface area (Å²) in [5, 5.41) is 2.74. The summed E-state index contributed by atoms with van der Waals surface area (Å²) in [4.78, 5) is 19.5. The number of nitrogens with one attached hydrogen (secondary N) is 2. The summed E-state index contributed by atoms with van der Waals surface area (Å²) in [6.45, 7) is 2.32. The molecule has 8 heteroatoms. The zero-order valence-electron chi connectivity index (χ0n) is 10.3. The van der Waals surface area contributed by atoms with E-state index in [0.29, 0.717) is 18.8 Å². The average molecular weight is 271 g/mol. The van der Waals surface area contributed by atoms with E-state index >= 15 is 0 Å². The Kier molecular flexibility index (Phi) is 5.66. The Balaban J connectivity index is 2.47. The number of carbonyl (C=O) groups excluding carboxylic acids is 1. The van der Waals surface area contributed by atoms with Crippen molar-refractivity contribution in [1.82, 2.24) is 15.3 Å². The van der Waals surface area contributed by atoms with E-state index in [4.69, 9.17) is 5.84 Å². The van der Waals surface area contributed by atoms with E-state index in [1.165, 1.54) is 12.4 Å². The molecule has 0 saturated carbocycles. The first kappa shape index (κ1) is 14.5. The maximum atomic E-state index is 11.7. The van der Waals surface area contributed by atoms with Crippen LogP contribution in [0.5, 0.6) is 0 Å². The summed E-state index contributed by atoms with van der Waals surface area (Å²) < 4.78 is 11.1. The predicted molar refractivity (Wildman–Crippen MR) is 70.3 cm³/mol. The van der Waals surface area contributed by atoms with Gasteiger partial charge in [0.2, 0.25) is 0 Å². The van der Waals surface area contributed by atoms with Crippen LogP contribution < -0.4 is 16.6 Å². The number of hydrazine groups is 1. The number of aromatic nitrogens is 2. The first-order valence-electron chi connectivity index (χ1n) is 5.43. The highest BCUT2D eigenvalue weighted by molar-refractivity contribution is 7.84. The average Bonchev–Trinajstić information content (AvgIpc) is 2.38. The third-order valence-corrected chi connectivity index (χ3v) is 3.79. The summed E-state index contributed by atoms with van der Waals surface area (Å²) in [5.41, 5.74) is 2.51. The Hall–Kier alpha value is -1.54. The summed E-state index contributed by atoms with van der Waals surface area (Å²) in [7, 11) is -0.880. The molecule has 100 valence electrons. The van der Waals surface area contributed by atoms with E-state index in [0.717, 1.165) is 0 Å². The van der Waals surface area contributed by atoms with Gasteiger partial charge < -0.3 is 10.7 Å². The van der Waals surface area contributed by atoms with Gasteiger partial charge >= 0.3 is 0 Å². The molecule has 0 aromatic carbocycles. The van der Waals surface area contributed by atoms with Crippen molar-refractivity contribution in [2.24, 2.45) is 5.84 Å². The molecular formula is C10H17N5O2S. The van der Waals surface area contributed by atoms with Gasteiger partial charge in [0.15, 0.2) is 5.82 Å². The highest BCUT2D eigenvalue weighted by Crippen LogP contribution is 2.01. The number of hydrogen-bond acceptors (Lipinski definition) is 6. The molecule has 7 nitrogen and oxygen atoms in total. The van der Waals surface area contributed by atoms with Gasteiger partial charge in [-0.1, -0.05) is 6.92 Å². The Labute approximate surface area is 108 Å². The van der Waals surface area contributed by atoms with E-state index in [1.807, 2.05) is 6.92 Å². The zero-order chi connectivity index (χ0) is 13.5. The number of rotatable bonds is 6. The van der Waals surface area contributed by atoms with Crippen LogP contribution in [0, 0.1) is 0 Å². The minimum atomic E-state index is -0.880. The molecule has 4 N–H and O–H groups in total. The summed E-state index contributed by atoms with van der Waals surface area (Å²) >= 11 is 0. The van der Waals surface area contributed by atoms with Crippen molar-refractivity contribution in [3.05, 3.63) is 18.1 Å². The lowest BCUT2D eigenvalue weighted by Crippen LogP contribution is -2.28. The van der Waals surface area contributed by atoms with Gasteiger partial charge in [0.25, 0.3) is 5.91 Å². The molecule has 0 radical (unpaired) electrons. The number of nitrogens with zero attached hydrogens (tertiary/aromatic N) is 2. The SMILES string of the molecule is CC(CCNC(=O)c1cncc(NN)n1)S(C)=O. The molecular weight excluding hydrogens is 254 g/mol. The van der Waals surface area contributed by atoms with E-state index < -0.39 is 10.8 Å². The fourth-order valence-corrected chi connectivity index (χ4v) is 1.64. The van der Waals surface area contributed by atoms with Crippen LogP contribution in [-0.4, -0.2) is 38.1 Å². The maximum Gasteiger partial charge on any atom is 0.271 e. The van der Waals surface area contributed by atoms with Crippen molar-refractivity contribution in [3.63, 3.8) is 0 Å². The van der Waals surface area contributed by atoms with Crippen molar-refractivity contribution >= 4 is 22.5 Å². The monoisotopic (exact) mass is 271 g/mol. The van der Waals surface area contributed by atoms with Gasteiger partial charge in [0, 0.05) is 28.9 Å². The van der Waals surface area contributed by atoms with Gasteiger partial charge in [-0.2, -0.15) is 0 Å². The van der Waals surface area contributed by atoms with E-state index in [1.54, 1.807) is 6.26 Å². The molecule has 1 aromatic heterocycles. The summed E-state index contributed by atoms with van der Waals surface area (Å²) in [6, 6.07) is 0. The molecule has 1 heterocycles. The van der Waals surface area contributed by atoms with Crippen LogP contribution in [0.2, 0.25) is 0 Å². The largest absolute Gasteiger partial charge is 0.351 e. The molecule has 0 fully saturated rings. The van der Waals surface area contributed by atoms with E-state index in [2.05, 4.69) is 20.7 Å². The molecule has 2 atom stereocenters. The van der Waals surface area contributed by atoms with Crippen LogP contribution >= 0.6 is 0 Å². The number of amides is 1. The third-order valence-electron chi connectivity index (χ3n) is 2.42. The first-order chi connectivity index (χ1) is 8.54. The van der Waals surface area contributed by atoms with E-state index in [-0.39, 0.29) is 16.9 Å². The number of nitrogens with two attached hydrogens (primary N) is 1. The van der Waals surface area contributed by atoms with Gasteiger partial charge in [-0.15, -0.1) is 0 Å². The second kappa shape index (κ2) is 7.02. The van der Waals surface area contributed by atoms with Gasteiger partial charge in [-0.3, -0.25) is 14.0 Å². The molecule has 0 aliphatic heterocycles. The molecule has 2 unspecified atom stereocenters. The number of nitrogen functional groups attached to an aromatic ring is 1. The van der Waals surface area contributed by atoms with Crippen molar-refractivity contribution in [3.8, 4) is 0 Å². The Morgan fingerprint density at radius 2 is 2.28 bits per heavy atom. The number of carbonyl (C=O) groups is 1. The van der Waals surface area contributed by atoms with Crippen molar-refractivity contribution in [2.45, 2.75) is 18.6 Å². The van der Waals surface area contributed by atoms with Crippen molar-refractivity contribution in [2.75, 3.05) is 18.2 Å². The fraction of sp³-hybridized carbons (Fsp3) is 0.500. The van der Waals surface area contributed by atoms with Crippen LogP contribution in [0.4, 0.5) is 5.82 Å². The Morgan fingerprint density at radius 3 is 2.89 bits per heavy atom. The smallest absolute Gasteiger partial charge is 0.271 e. The molecule has 0 aliphatic carbocycles. The maximum absolute atomic E-state index is 11.7. The van der Waals surface area contributed by atoms with Crippen molar-refractivity contribution in [1.29, 1.82) is 0 Å². The standard InChI is InChI=1S/C10H17N5O2S/c1-7(18(2)17)3-4-13-10(16)8-5-12-6-9(14-8)15-11/h5-7H,3-4,11H2,1-2H3,(H,13,16)(H,14,15). The topological polar surface area (TPSA) is 110 Å². The summed E-state index contributed by atoms with van der Waals surface area (Å²) in [6.07, 6.45) is 5.07. The van der Waals surface area contributed by atoms with Crippen molar-refractivity contribution < 1.29 is 9.00 Å². The minimum Gasteiger partial charge on any atom is -0.351 e. The Bertz CT molecular complexity index is 440. The quantitative estimate of drug-likeness (QED) is 0.482. The number of anilines is 1. The molecule has 18 heavy (non-hydrogen) atoms. The van der Waals surface area contributed by atoms with Gasteiger partial charge in [-0.25, -0.2) is 10.8 Å². The van der Waals surface area contributed by atoms with Gasteiger partial charge in [-0.05, 0) is 6.42 Å². The first-order valence-corrected chi connectivity index (χ1v) is 7.05. The van der Waals surface area contributed by atoms with Crippen LogP contribution in [0.3, 0.4) is 0 Å². The Morgan fingerprint density at radius 1 is 1.56 bits per heavy atom. The summed E-state index contributed by atoms with van der Waals surface area (Å²) in [5.74, 6) is 5.17. The predicted octanol–water partition coefficient (Wildman–Crippen LogP) is -0.351. The van der Waals surface area contributed by atoms with Gasteiger partial charge in [0.1, 0.15) is 5.69 Å². The lowest BCUT2D eigenvalue weighted by molar-refractivity contribution is 0.0948. The normalized spacial score (nSPS) is 13.7. The second-order valence-electron chi connectivity index (χ2n) is 3.79. The van der Waals surface area contributed by atoms with Crippen LogP contribution in [0.15, 0.2) is 12.4 Å². The van der Waals surface area contributed by atoms with Crippen LogP contribution in [0.1, 0.15) is 23.8 Å². The fourth-order valence-electron chi connectivity index (χ4n) is 1.19. The van der Waals surface area contributed by atoms with Gasteiger partial charge in [0.05, 0.1) is 12.4 Å². The molecule has 0 bridgehead atoms. The second-order valence-corrected chi connectivity index (χ2v) is 5.59. The zero-order valence-corrected chi connectivity index (χ0v) is 11.2. The highest BCUT2D eigenvalue weighted by Gasteiger charge is 2.10.